The molecule has 0 spiro atoms. The van der Waals surface area contributed by atoms with Crippen molar-refractivity contribution in [2.24, 2.45) is 11.7 Å². The predicted octanol–water partition coefficient (Wildman–Crippen LogP) is -0.680. The monoisotopic (exact) mass is 213 g/mol. The average Bonchev–Trinajstić information content (AvgIpc) is 2.26. The maximum Gasteiger partial charge on any atom is 0.223 e. The summed E-state index contributed by atoms with van der Waals surface area (Å²) in [6.45, 7) is 3.95. The van der Waals surface area contributed by atoms with Crippen LogP contribution in [0.1, 0.15) is 19.8 Å². The fourth-order valence-electron chi connectivity index (χ4n) is 1.80. The van der Waals surface area contributed by atoms with Gasteiger partial charge in [0.15, 0.2) is 0 Å². The average molecular weight is 213 g/mol. The normalized spacial score (nSPS) is 17.6. The molecule has 1 heterocycles. The van der Waals surface area contributed by atoms with Crippen LogP contribution in [-0.4, -0.2) is 42.9 Å². The van der Waals surface area contributed by atoms with E-state index >= 15 is 0 Å². The Morgan fingerprint density at radius 1 is 1.40 bits per heavy atom. The summed E-state index contributed by atoms with van der Waals surface area (Å²) >= 11 is 0. The molecule has 1 aliphatic heterocycles. The molecular weight excluding hydrogens is 194 g/mol. The van der Waals surface area contributed by atoms with Crippen molar-refractivity contribution in [3.05, 3.63) is 0 Å². The molecule has 0 aromatic carbocycles. The van der Waals surface area contributed by atoms with Gasteiger partial charge in [0.1, 0.15) is 0 Å². The minimum absolute atomic E-state index is 0.0483. The first-order valence-electron chi connectivity index (χ1n) is 5.38. The summed E-state index contributed by atoms with van der Waals surface area (Å²) in [6, 6.07) is 0. The van der Waals surface area contributed by atoms with Crippen LogP contribution < -0.4 is 11.1 Å². The minimum atomic E-state index is 0.0483. The highest BCUT2D eigenvalue weighted by atomic mass is 16.2. The number of hydrogen-bond donors (Lipinski definition) is 2. The zero-order chi connectivity index (χ0) is 11.3. The van der Waals surface area contributed by atoms with Crippen LogP contribution in [0.5, 0.6) is 0 Å². The molecule has 3 N–H and O–H groups in total. The lowest BCUT2D eigenvalue weighted by atomic mass is 9.96. The highest BCUT2D eigenvalue weighted by Gasteiger charge is 2.25. The van der Waals surface area contributed by atoms with Gasteiger partial charge in [-0.3, -0.25) is 9.59 Å². The fraction of sp³-hybridized carbons (Fsp3) is 0.800. The number of likely N-dealkylation sites (tertiary alicyclic amines) is 1. The van der Waals surface area contributed by atoms with Crippen LogP contribution >= 0.6 is 0 Å². The van der Waals surface area contributed by atoms with Crippen LogP contribution in [0.25, 0.3) is 0 Å². The molecule has 0 aromatic rings. The first-order valence-corrected chi connectivity index (χ1v) is 5.38. The Kier molecular flexibility index (Phi) is 4.55. The molecule has 15 heavy (non-hydrogen) atoms. The second-order valence-corrected chi connectivity index (χ2v) is 3.86. The second-order valence-electron chi connectivity index (χ2n) is 3.86. The summed E-state index contributed by atoms with van der Waals surface area (Å²) in [6.07, 6.45) is 1.52. The Hall–Kier alpha value is -1.10. The largest absolute Gasteiger partial charge is 0.355 e. The van der Waals surface area contributed by atoms with Crippen molar-refractivity contribution in [3.63, 3.8) is 0 Å². The molecule has 5 heteroatoms. The first-order chi connectivity index (χ1) is 7.15. The van der Waals surface area contributed by atoms with Gasteiger partial charge in [-0.05, 0) is 12.8 Å². The van der Waals surface area contributed by atoms with Gasteiger partial charge in [-0.25, -0.2) is 0 Å². The van der Waals surface area contributed by atoms with E-state index in [0.29, 0.717) is 26.2 Å². The topological polar surface area (TPSA) is 75.4 Å². The Balaban J connectivity index is 2.30. The number of nitrogens with zero attached hydrogens (tertiary/aromatic N) is 1. The zero-order valence-electron chi connectivity index (χ0n) is 9.16. The number of carbonyl (C=O) groups is 2. The molecule has 1 rings (SSSR count). The van der Waals surface area contributed by atoms with Crippen molar-refractivity contribution in [1.82, 2.24) is 10.2 Å². The van der Waals surface area contributed by atoms with Crippen LogP contribution in [0.3, 0.4) is 0 Å². The van der Waals surface area contributed by atoms with Crippen molar-refractivity contribution in [1.29, 1.82) is 0 Å². The van der Waals surface area contributed by atoms with Gasteiger partial charge >= 0.3 is 0 Å². The highest BCUT2D eigenvalue weighted by molar-refractivity contribution is 5.79. The molecule has 0 unspecified atom stereocenters. The molecule has 86 valence electrons. The van der Waals surface area contributed by atoms with Crippen molar-refractivity contribution >= 4 is 11.8 Å². The lowest BCUT2D eigenvalue weighted by molar-refractivity contribution is -0.133. The predicted molar refractivity (Wildman–Crippen MR) is 57.0 cm³/mol. The molecule has 1 fully saturated rings. The third-order valence-corrected chi connectivity index (χ3v) is 2.75. The molecule has 1 saturated heterocycles. The molecule has 2 amide bonds. The third-order valence-electron chi connectivity index (χ3n) is 2.75. The molecular formula is C10H19N3O2. The van der Waals surface area contributed by atoms with E-state index in [9.17, 15) is 9.59 Å². The Bertz CT molecular complexity index is 235. The Morgan fingerprint density at radius 2 is 2.00 bits per heavy atom. The van der Waals surface area contributed by atoms with Crippen LogP contribution in [0.4, 0.5) is 0 Å². The Labute approximate surface area is 90.0 Å². The second kappa shape index (κ2) is 5.70. The number of rotatable bonds is 3. The summed E-state index contributed by atoms with van der Waals surface area (Å²) < 4.78 is 0. The third kappa shape index (κ3) is 3.51. The molecule has 0 radical (unpaired) electrons. The number of hydrogen-bond acceptors (Lipinski definition) is 3. The van der Waals surface area contributed by atoms with E-state index in [1.807, 2.05) is 0 Å². The van der Waals surface area contributed by atoms with E-state index in [0.717, 1.165) is 12.8 Å². The van der Waals surface area contributed by atoms with E-state index in [-0.39, 0.29) is 17.7 Å². The molecule has 0 atom stereocenters. The van der Waals surface area contributed by atoms with Crippen molar-refractivity contribution < 1.29 is 9.59 Å². The minimum Gasteiger partial charge on any atom is -0.355 e. The fourth-order valence-corrected chi connectivity index (χ4v) is 1.80. The molecule has 0 bridgehead atoms. The summed E-state index contributed by atoms with van der Waals surface area (Å²) in [7, 11) is 0. The smallest absolute Gasteiger partial charge is 0.223 e. The number of nitrogens with one attached hydrogen (secondary N) is 1. The summed E-state index contributed by atoms with van der Waals surface area (Å²) in [4.78, 5) is 24.4. The van der Waals surface area contributed by atoms with Gasteiger partial charge in [-0.15, -0.1) is 0 Å². The van der Waals surface area contributed by atoms with Gasteiger partial charge in [0.05, 0.1) is 0 Å². The number of nitrogens with two attached hydrogens (primary N) is 1. The van der Waals surface area contributed by atoms with E-state index in [1.165, 1.54) is 0 Å². The van der Waals surface area contributed by atoms with Gasteiger partial charge in [0, 0.05) is 39.0 Å². The van der Waals surface area contributed by atoms with E-state index in [2.05, 4.69) is 5.32 Å². The molecule has 5 nitrogen and oxygen atoms in total. The van der Waals surface area contributed by atoms with E-state index < -0.39 is 0 Å². The van der Waals surface area contributed by atoms with Crippen LogP contribution in [-0.2, 0) is 9.59 Å². The number of piperidine rings is 1. The molecule has 0 aliphatic carbocycles. The van der Waals surface area contributed by atoms with Gasteiger partial charge < -0.3 is 16.0 Å². The summed E-state index contributed by atoms with van der Waals surface area (Å²) in [5.41, 5.74) is 5.30. The molecule has 0 aromatic heterocycles. The van der Waals surface area contributed by atoms with Crippen molar-refractivity contribution in [2.45, 2.75) is 19.8 Å². The van der Waals surface area contributed by atoms with Crippen LogP contribution in [0, 0.1) is 5.92 Å². The van der Waals surface area contributed by atoms with Crippen LogP contribution in [0.15, 0.2) is 0 Å². The number of amides is 2. The summed E-state index contributed by atoms with van der Waals surface area (Å²) in [5.74, 6) is 0.214. The number of carbonyl (C=O) groups excluding carboxylic acids is 2. The first kappa shape index (κ1) is 12.0. The van der Waals surface area contributed by atoms with Gasteiger partial charge in [-0.1, -0.05) is 0 Å². The SMILES string of the molecule is CC(=O)N1CCC(C(=O)NCCN)CC1. The van der Waals surface area contributed by atoms with E-state index in [1.54, 1.807) is 11.8 Å². The maximum absolute atomic E-state index is 11.6. The standard InChI is InChI=1S/C10H19N3O2/c1-8(14)13-6-2-9(3-7-13)10(15)12-5-4-11/h9H,2-7,11H2,1H3,(H,12,15). The lowest BCUT2D eigenvalue weighted by Crippen LogP contribution is -2.43. The van der Waals surface area contributed by atoms with Crippen molar-refractivity contribution in [2.75, 3.05) is 26.2 Å². The zero-order valence-corrected chi connectivity index (χ0v) is 9.16. The van der Waals surface area contributed by atoms with Crippen LogP contribution in [0.2, 0.25) is 0 Å². The quantitative estimate of drug-likeness (QED) is 0.652. The van der Waals surface area contributed by atoms with Crippen molar-refractivity contribution in [3.8, 4) is 0 Å². The highest BCUT2D eigenvalue weighted by Crippen LogP contribution is 2.17. The van der Waals surface area contributed by atoms with Gasteiger partial charge in [0.2, 0.25) is 11.8 Å². The van der Waals surface area contributed by atoms with E-state index in [4.69, 9.17) is 5.73 Å². The Morgan fingerprint density at radius 3 is 2.47 bits per heavy atom. The van der Waals surface area contributed by atoms with Gasteiger partial charge in [-0.2, -0.15) is 0 Å². The summed E-state index contributed by atoms with van der Waals surface area (Å²) in [5, 5.41) is 2.78. The molecule has 0 saturated carbocycles. The molecule has 1 aliphatic rings. The lowest BCUT2D eigenvalue weighted by Gasteiger charge is -2.30. The maximum atomic E-state index is 11.6. The van der Waals surface area contributed by atoms with Gasteiger partial charge in [0.25, 0.3) is 0 Å².